The van der Waals surface area contributed by atoms with E-state index in [4.69, 9.17) is 4.74 Å². The summed E-state index contributed by atoms with van der Waals surface area (Å²) in [5.41, 5.74) is 0. The van der Waals surface area contributed by atoms with Gasteiger partial charge >= 0.3 is 0 Å². The molecule has 1 aliphatic carbocycles. The van der Waals surface area contributed by atoms with Gasteiger partial charge in [-0.25, -0.2) is 0 Å². The van der Waals surface area contributed by atoms with Gasteiger partial charge in [0.05, 0.1) is 12.7 Å². The monoisotopic (exact) mass is 159 g/mol. The molecular formula is C8H17NO2. The van der Waals surface area contributed by atoms with Crippen LogP contribution in [-0.4, -0.2) is 38.0 Å². The summed E-state index contributed by atoms with van der Waals surface area (Å²) >= 11 is 0. The fourth-order valence-corrected chi connectivity index (χ4v) is 1.07. The van der Waals surface area contributed by atoms with Gasteiger partial charge in [0.2, 0.25) is 0 Å². The van der Waals surface area contributed by atoms with Crippen LogP contribution in [-0.2, 0) is 4.74 Å². The van der Waals surface area contributed by atoms with Crippen molar-refractivity contribution in [1.29, 1.82) is 0 Å². The van der Waals surface area contributed by atoms with Crippen LogP contribution in [0.15, 0.2) is 0 Å². The second kappa shape index (κ2) is 4.70. The molecule has 0 heterocycles. The maximum Gasteiger partial charge on any atom is 0.0692 e. The van der Waals surface area contributed by atoms with Gasteiger partial charge in [-0.15, -0.1) is 0 Å². The van der Waals surface area contributed by atoms with Crippen LogP contribution in [0.25, 0.3) is 0 Å². The van der Waals surface area contributed by atoms with Gasteiger partial charge in [-0.05, 0) is 18.8 Å². The summed E-state index contributed by atoms with van der Waals surface area (Å²) in [4.78, 5) is 0. The molecule has 0 aromatic heterocycles. The predicted octanol–water partition coefficient (Wildman–Crippen LogP) is -0.00670. The van der Waals surface area contributed by atoms with Gasteiger partial charge in [-0.2, -0.15) is 0 Å². The third-order valence-corrected chi connectivity index (χ3v) is 2.00. The summed E-state index contributed by atoms with van der Waals surface area (Å²) in [6, 6.07) is 0. The molecule has 1 rings (SSSR count). The second-order valence-corrected chi connectivity index (χ2v) is 3.10. The minimum absolute atomic E-state index is 0.133. The number of nitrogens with one attached hydrogen (secondary N) is 1. The molecule has 0 saturated heterocycles. The Balaban J connectivity index is 1.85. The Morgan fingerprint density at radius 1 is 1.64 bits per heavy atom. The van der Waals surface area contributed by atoms with Crippen molar-refractivity contribution in [2.75, 3.05) is 26.8 Å². The number of rotatable bonds is 6. The molecule has 1 aliphatic rings. The Morgan fingerprint density at radius 3 is 2.91 bits per heavy atom. The van der Waals surface area contributed by atoms with E-state index in [0.29, 0.717) is 12.5 Å². The highest BCUT2D eigenvalue weighted by atomic mass is 16.5. The quantitative estimate of drug-likeness (QED) is 0.536. The molecule has 0 spiro atoms. The maximum atomic E-state index is 9.38. The number of aliphatic hydroxyl groups is 1. The van der Waals surface area contributed by atoms with E-state index in [9.17, 15) is 5.11 Å². The van der Waals surface area contributed by atoms with Crippen LogP contribution >= 0.6 is 0 Å². The number of hydrogen-bond acceptors (Lipinski definition) is 3. The summed E-state index contributed by atoms with van der Waals surface area (Å²) < 4.78 is 4.86. The molecule has 1 atom stereocenters. The first-order valence-corrected chi connectivity index (χ1v) is 4.22. The first-order valence-electron chi connectivity index (χ1n) is 4.22. The van der Waals surface area contributed by atoms with E-state index < -0.39 is 0 Å². The number of methoxy groups -OCH3 is 1. The fourth-order valence-electron chi connectivity index (χ4n) is 1.07. The molecule has 0 radical (unpaired) electrons. The summed E-state index contributed by atoms with van der Waals surface area (Å²) in [6.07, 6.45) is 2.27. The highest BCUT2D eigenvalue weighted by Gasteiger charge is 2.28. The van der Waals surface area contributed by atoms with Crippen LogP contribution < -0.4 is 5.32 Å². The van der Waals surface area contributed by atoms with Crippen molar-refractivity contribution in [3.63, 3.8) is 0 Å². The molecule has 3 nitrogen and oxygen atoms in total. The molecule has 1 unspecified atom stereocenters. The van der Waals surface area contributed by atoms with Crippen molar-refractivity contribution < 1.29 is 9.84 Å². The minimum Gasteiger partial charge on any atom is -0.392 e. The molecule has 0 bridgehead atoms. The average Bonchev–Trinajstić information content (AvgIpc) is 2.79. The van der Waals surface area contributed by atoms with Crippen LogP contribution in [0.3, 0.4) is 0 Å². The number of hydrogen-bond donors (Lipinski definition) is 2. The first kappa shape index (κ1) is 8.97. The zero-order valence-electron chi connectivity index (χ0n) is 7.05. The number of ether oxygens (including phenoxy) is 1. The van der Waals surface area contributed by atoms with E-state index in [2.05, 4.69) is 5.32 Å². The number of aliphatic hydroxyl groups excluding tert-OH is 1. The SMILES string of the molecule is COCCNCC(O)C1CC1. The van der Waals surface area contributed by atoms with E-state index in [1.807, 2.05) is 0 Å². The van der Waals surface area contributed by atoms with Crippen molar-refractivity contribution in [3.8, 4) is 0 Å². The van der Waals surface area contributed by atoms with Crippen molar-refractivity contribution in [1.82, 2.24) is 5.32 Å². The molecule has 0 aromatic carbocycles. The summed E-state index contributed by atoms with van der Waals surface area (Å²) in [5.74, 6) is 0.574. The van der Waals surface area contributed by atoms with Gasteiger partial charge in [0, 0.05) is 20.2 Å². The lowest BCUT2D eigenvalue weighted by atomic mass is 10.2. The third-order valence-electron chi connectivity index (χ3n) is 2.00. The minimum atomic E-state index is -0.133. The molecule has 0 amide bonds. The standard InChI is InChI=1S/C8H17NO2/c1-11-5-4-9-6-8(10)7-2-3-7/h7-10H,2-6H2,1H3. The molecule has 2 N–H and O–H groups in total. The van der Waals surface area contributed by atoms with Crippen LogP contribution in [0.2, 0.25) is 0 Å². The van der Waals surface area contributed by atoms with E-state index in [-0.39, 0.29) is 6.10 Å². The Bertz CT molecular complexity index is 104. The van der Waals surface area contributed by atoms with Crippen LogP contribution in [0.5, 0.6) is 0 Å². The van der Waals surface area contributed by atoms with Gasteiger partial charge in [-0.3, -0.25) is 0 Å². The van der Waals surface area contributed by atoms with Gasteiger partial charge in [0.15, 0.2) is 0 Å². The van der Waals surface area contributed by atoms with E-state index in [1.165, 1.54) is 12.8 Å². The lowest BCUT2D eigenvalue weighted by Gasteiger charge is -2.09. The van der Waals surface area contributed by atoms with E-state index >= 15 is 0 Å². The lowest BCUT2D eigenvalue weighted by Crippen LogP contribution is -2.30. The van der Waals surface area contributed by atoms with Crippen LogP contribution in [0, 0.1) is 5.92 Å². The molecule has 66 valence electrons. The van der Waals surface area contributed by atoms with Gasteiger partial charge < -0.3 is 15.2 Å². The molecule has 0 aliphatic heterocycles. The third kappa shape index (κ3) is 3.70. The molecular weight excluding hydrogens is 142 g/mol. The topological polar surface area (TPSA) is 41.5 Å². The Morgan fingerprint density at radius 2 is 2.36 bits per heavy atom. The lowest BCUT2D eigenvalue weighted by molar-refractivity contribution is 0.141. The summed E-state index contributed by atoms with van der Waals surface area (Å²) in [7, 11) is 1.68. The first-order chi connectivity index (χ1) is 5.34. The average molecular weight is 159 g/mol. The van der Waals surface area contributed by atoms with Gasteiger partial charge in [0.1, 0.15) is 0 Å². The van der Waals surface area contributed by atoms with Crippen molar-refractivity contribution in [2.24, 2.45) is 5.92 Å². The fraction of sp³-hybridized carbons (Fsp3) is 1.00. The maximum absolute atomic E-state index is 9.38. The van der Waals surface area contributed by atoms with E-state index in [0.717, 1.165) is 13.2 Å². The van der Waals surface area contributed by atoms with Gasteiger partial charge in [0.25, 0.3) is 0 Å². The second-order valence-electron chi connectivity index (χ2n) is 3.10. The summed E-state index contributed by atoms with van der Waals surface area (Å²) in [6.45, 7) is 2.27. The normalized spacial score (nSPS) is 20.2. The van der Waals surface area contributed by atoms with Crippen molar-refractivity contribution >= 4 is 0 Å². The van der Waals surface area contributed by atoms with Crippen LogP contribution in [0.4, 0.5) is 0 Å². The van der Waals surface area contributed by atoms with Crippen LogP contribution in [0.1, 0.15) is 12.8 Å². The molecule has 1 fully saturated rings. The Labute approximate surface area is 67.7 Å². The smallest absolute Gasteiger partial charge is 0.0692 e. The highest BCUT2D eigenvalue weighted by Crippen LogP contribution is 2.32. The van der Waals surface area contributed by atoms with E-state index in [1.54, 1.807) is 7.11 Å². The Hall–Kier alpha value is -0.120. The molecule has 0 aromatic rings. The molecule has 1 saturated carbocycles. The zero-order valence-corrected chi connectivity index (χ0v) is 7.05. The Kier molecular flexibility index (Phi) is 3.83. The molecule has 3 heteroatoms. The van der Waals surface area contributed by atoms with Crippen molar-refractivity contribution in [3.05, 3.63) is 0 Å². The highest BCUT2D eigenvalue weighted by molar-refractivity contribution is 4.81. The zero-order chi connectivity index (χ0) is 8.10. The largest absolute Gasteiger partial charge is 0.392 e. The molecule has 11 heavy (non-hydrogen) atoms. The summed E-state index contributed by atoms with van der Waals surface area (Å²) in [5, 5.41) is 12.5. The van der Waals surface area contributed by atoms with Gasteiger partial charge in [-0.1, -0.05) is 0 Å². The predicted molar refractivity (Wildman–Crippen MR) is 43.5 cm³/mol. The van der Waals surface area contributed by atoms with Crippen molar-refractivity contribution in [2.45, 2.75) is 18.9 Å².